The molecule has 1 heterocycles. The lowest BCUT2D eigenvalue weighted by Gasteiger charge is -2.13. The summed E-state index contributed by atoms with van der Waals surface area (Å²) in [5.41, 5.74) is 6.43. The first-order chi connectivity index (χ1) is 10.2. The van der Waals surface area contributed by atoms with E-state index in [9.17, 15) is 0 Å². The molecule has 0 aliphatic carbocycles. The highest BCUT2D eigenvalue weighted by Gasteiger charge is 2.09. The summed E-state index contributed by atoms with van der Waals surface area (Å²) < 4.78 is 0. The van der Waals surface area contributed by atoms with E-state index in [1.165, 1.54) is 16.5 Å². The minimum atomic E-state index is 0.726. The van der Waals surface area contributed by atoms with Crippen LogP contribution in [0, 0.1) is 18.3 Å². The number of nitrogens with zero attached hydrogens (tertiary/aromatic N) is 1. The summed E-state index contributed by atoms with van der Waals surface area (Å²) >= 11 is 0. The number of aromatic nitrogens is 1. The van der Waals surface area contributed by atoms with Gasteiger partial charge in [-0.05, 0) is 59.7 Å². The van der Waals surface area contributed by atoms with Gasteiger partial charge in [0, 0.05) is 24.4 Å². The molecule has 21 heavy (non-hydrogen) atoms. The third-order valence-electron chi connectivity index (χ3n) is 3.93. The van der Waals surface area contributed by atoms with E-state index in [0.29, 0.717) is 0 Å². The molecule has 0 aliphatic rings. The van der Waals surface area contributed by atoms with Crippen molar-refractivity contribution in [1.82, 2.24) is 4.98 Å². The molecule has 0 spiro atoms. The summed E-state index contributed by atoms with van der Waals surface area (Å²) in [7, 11) is 1.91. The number of hydrogen-bond donors (Lipinski definition) is 2. The summed E-state index contributed by atoms with van der Waals surface area (Å²) in [6.07, 6.45) is 2.81. The van der Waals surface area contributed by atoms with Crippen LogP contribution in [0.2, 0.25) is 0 Å². The van der Waals surface area contributed by atoms with Crippen LogP contribution in [-0.2, 0) is 6.42 Å². The topological polar surface area (TPSA) is 51.6 Å². The van der Waals surface area contributed by atoms with Gasteiger partial charge in [-0.3, -0.25) is 0 Å². The van der Waals surface area contributed by atoms with E-state index in [0.717, 1.165) is 28.8 Å². The third-order valence-corrected chi connectivity index (χ3v) is 3.93. The molecule has 0 unspecified atom stereocenters. The molecule has 3 rings (SSSR count). The molecule has 3 aromatic rings. The maximum atomic E-state index is 9.13. The highest BCUT2D eigenvalue weighted by Crippen LogP contribution is 2.26. The number of benzene rings is 2. The molecule has 3 heteroatoms. The van der Waals surface area contributed by atoms with E-state index in [-0.39, 0.29) is 0 Å². The number of nitriles is 1. The highest BCUT2D eigenvalue weighted by molar-refractivity contribution is 5.80. The summed E-state index contributed by atoms with van der Waals surface area (Å²) in [5.74, 6) is 0. The minimum absolute atomic E-state index is 0.726. The number of aromatic amines is 1. The normalized spacial score (nSPS) is 10.5. The molecule has 0 amide bonds. The maximum Gasteiger partial charge on any atom is 0.0995 e. The van der Waals surface area contributed by atoms with Gasteiger partial charge in [-0.25, -0.2) is 0 Å². The molecule has 2 N–H and O–H groups in total. The Morgan fingerprint density at radius 2 is 2.05 bits per heavy atom. The van der Waals surface area contributed by atoms with Gasteiger partial charge >= 0.3 is 0 Å². The van der Waals surface area contributed by atoms with Crippen molar-refractivity contribution < 1.29 is 0 Å². The molecule has 0 atom stereocenters. The number of hydrogen-bond acceptors (Lipinski definition) is 2. The van der Waals surface area contributed by atoms with Crippen molar-refractivity contribution in [3.05, 3.63) is 64.8 Å². The molecule has 0 saturated heterocycles. The molecule has 2 aromatic carbocycles. The zero-order valence-corrected chi connectivity index (χ0v) is 12.2. The van der Waals surface area contributed by atoms with Gasteiger partial charge in [0.2, 0.25) is 0 Å². The van der Waals surface area contributed by atoms with Crippen LogP contribution in [0.1, 0.15) is 22.3 Å². The Balaban J connectivity index is 2.01. The Morgan fingerprint density at radius 1 is 1.19 bits per heavy atom. The van der Waals surface area contributed by atoms with Gasteiger partial charge in [0.05, 0.1) is 11.6 Å². The van der Waals surface area contributed by atoms with Crippen LogP contribution in [0.5, 0.6) is 0 Å². The number of fused-ring (bicyclic) bond motifs is 1. The molecular weight excluding hydrogens is 258 g/mol. The van der Waals surface area contributed by atoms with Crippen LogP contribution < -0.4 is 5.32 Å². The number of anilines is 1. The summed E-state index contributed by atoms with van der Waals surface area (Å²) in [6, 6.07) is 14.7. The van der Waals surface area contributed by atoms with Gasteiger partial charge in [-0.1, -0.05) is 12.1 Å². The van der Waals surface area contributed by atoms with Crippen LogP contribution in [0.4, 0.5) is 5.69 Å². The van der Waals surface area contributed by atoms with E-state index in [1.54, 1.807) is 0 Å². The Labute approximate surface area is 124 Å². The lowest BCUT2D eigenvalue weighted by molar-refractivity contribution is 1.17. The van der Waals surface area contributed by atoms with Crippen molar-refractivity contribution in [2.75, 3.05) is 12.4 Å². The largest absolute Gasteiger partial charge is 0.388 e. The fraction of sp³-hybridized carbons (Fsp3) is 0.167. The summed E-state index contributed by atoms with van der Waals surface area (Å²) in [5, 5.41) is 13.6. The Morgan fingerprint density at radius 3 is 2.81 bits per heavy atom. The first-order valence-corrected chi connectivity index (χ1v) is 6.99. The van der Waals surface area contributed by atoms with Crippen LogP contribution in [0.3, 0.4) is 0 Å². The zero-order chi connectivity index (χ0) is 14.8. The first kappa shape index (κ1) is 13.3. The van der Waals surface area contributed by atoms with Crippen LogP contribution in [0.25, 0.3) is 10.9 Å². The van der Waals surface area contributed by atoms with Gasteiger partial charge in [0.25, 0.3) is 0 Å². The second-order valence-corrected chi connectivity index (χ2v) is 5.21. The van der Waals surface area contributed by atoms with E-state index in [4.69, 9.17) is 5.26 Å². The van der Waals surface area contributed by atoms with E-state index < -0.39 is 0 Å². The summed E-state index contributed by atoms with van der Waals surface area (Å²) in [6.45, 7) is 1.99. The molecule has 0 radical (unpaired) electrons. The fourth-order valence-corrected chi connectivity index (χ4v) is 2.82. The van der Waals surface area contributed by atoms with Crippen molar-refractivity contribution in [3.8, 4) is 6.07 Å². The van der Waals surface area contributed by atoms with Crippen LogP contribution in [0.15, 0.2) is 42.6 Å². The molecular formula is C18H17N3. The Kier molecular flexibility index (Phi) is 3.37. The van der Waals surface area contributed by atoms with Gasteiger partial charge in [0.15, 0.2) is 0 Å². The van der Waals surface area contributed by atoms with Crippen molar-refractivity contribution in [1.29, 1.82) is 5.26 Å². The van der Waals surface area contributed by atoms with Gasteiger partial charge in [-0.2, -0.15) is 5.26 Å². The minimum Gasteiger partial charge on any atom is -0.388 e. The average Bonchev–Trinajstić information content (AvgIpc) is 2.95. The number of H-pyrrole nitrogens is 1. The Bertz CT molecular complexity index is 837. The van der Waals surface area contributed by atoms with Gasteiger partial charge in [-0.15, -0.1) is 0 Å². The monoisotopic (exact) mass is 275 g/mol. The fourth-order valence-electron chi connectivity index (χ4n) is 2.82. The molecule has 3 nitrogen and oxygen atoms in total. The molecule has 0 bridgehead atoms. The van der Waals surface area contributed by atoms with Gasteiger partial charge in [0.1, 0.15) is 0 Å². The van der Waals surface area contributed by atoms with Crippen LogP contribution >= 0.6 is 0 Å². The highest BCUT2D eigenvalue weighted by atomic mass is 14.8. The lowest BCUT2D eigenvalue weighted by atomic mass is 9.97. The van der Waals surface area contributed by atoms with E-state index >= 15 is 0 Å². The SMILES string of the molecule is CNc1c(Cc2ccc3[nH]ccc3c2)ccc(C#N)c1C. The second-order valence-electron chi connectivity index (χ2n) is 5.21. The lowest BCUT2D eigenvalue weighted by Crippen LogP contribution is -2.01. The summed E-state index contributed by atoms with van der Waals surface area (Å²) in [4.78, 5) is 3.21. The first-order valence-electron chi connectivity index (χ1n) is 6.99. The standard InChI is InChI=1S/C18H17N3/c1-12-16(11-19)5-4-15(18(12)20-2)10-13-3-6-17-14(9-13)7-8-21-17/h3-9,20-21H,10H2,1-2H3. The van der Waals surface area contributed by atoms with Crippen molar-refractivity contribution >= 4 is 16.6 Å². The average molecular weight is 275 g/mol. The van der Waals surface area contributed by atoms with E-state index in [1.807, 2.05) is 32.3 Å². The molecule has 0 aliphatic heterocycles. The molecule has 0 fully saturated rings. The van der Waals surface area contributed by atoms with Crippen molar-refractivity contribution in [2.24, 2.45) is 0 Å². The molecule has 0 saturated carbocycles. The van der Waals surface area contributed by atoms with Crippen LogP contribution in [-0.4, -0.2) is 12.0 Å². The molecule has 1 aromatic heterocycles. The van der Waals surface area contributed by atoms with E-state index in [2.05, 4.69) is 40.6 Å². The maximum absolute atomic E-state index is 9.13. The van der Waals surface area contributed by atoms with Crippen molar-refractivity contribution in [2.45, 2.75) is 13.3 Å². The van der Waals surface area contributed by atoms with Gasteiger partial charge < -0.3 is 10.3 Å². The quantitative estimate of drug-likeness (QED) is 0.759. The Hall–Kier alpha value is -2.73. The number of rotatable bonds is 3. The third kappa shape index (κ3) is 2.36. The predicted molar refractivity (Wildman–Crippen MR) is 86.5 cm³/mol. The van der Waals surface area contributed by atoms with Crippen molar-refractivity contribution in [3.63, 3.8) is 0 Å². The predicted octanol–water partition coefficient (Wildman–Crippen LogP) is 3.98. The zero-order valence-electron chi connectivity index (χ0n) is 12.2. The molecule has 104 valence electrons. The second kappa shape index (κ2) is 5.34. The number of nitrogens with one attached hydrogen (secondary N) is 2. The smallest absolute Gasteiger partial charge is 0.0995 e.